The summed E-state index contributed by atoms with van der Waals surface area (Å²) in [6.07, 6.45) is 0. The molecule has 0 fully saturated rings. The molecule has 0 spiro atoms. The molecule has 0 atom stereocenters. The Morgan fingerprint density at radius 3 is 2.17 bits per heavy atom. The quantitative estimate of drug-likeness (QED) is 0.244. The van der Waals surface area contributed by atoms with Gasteiger partial charge in [-0.2, -0.15) is 0 Å². The molecule has 2 aromatic rings. The lowest BCUT2D eigenvalue weighted by atomic mass is 10.1. The standard InChI is InChI=1S/C20H19Br2ClO6/c1-26-19(24)14-5-6-17(18(23)16(14)11-22)29-8-7-28-13-4-3-12(10-21)15(9-13)20(25)27-2/h3-6,9H,7-8,10-11H2,1-2H3. The molecule has 6 nitrogen and oxygen atoms in total. The van der Waals surface area contributed by atoms with Crippen LogP contribution in [0.15, 0.2) is 30.3 Å². The van der Waals surface area contributed by atoms with Crippen LogP contribution in [0.2, 0.25) is 5.02 Å². The molecule has 0 heterocycles. The first-order valence-electron chi connectivity index (χ1n) is 8.45. The topological polar surface area (TPSA) is 71.1 Å². The van der Waals surface area contributed by atoms with E-state index in [1.54, 1.807) is 30.3 Å². The van der Waals surface area contributed by atoms with E-state index < -0.39 is 11.9 Å². The Balaban J connectivity index is 2.02. The molecule has 0 bridgehead atoms. The van der Waals surface area contributed by atoms with Gasteiger partial charge in [0.2, 0.25) is 0 Å². The van der Waals surface area contributed by atoms with E-state index in [4.69, 9.17) is 30.5 Å². The number of esters is 2. The maximum Gasteiger partial charge on any atom is 0.338 e. The van der Waals surface area contributed by atoms with Crippen molar-refractivity contribution < 1.29 is 28.5 Å². The second-order valence-corrected chi connectivity index (χ2v) is 7.17. The minimum atomic E-state index is -0.468. The van der Waals surface area contributed by atoms with Crippen molar-refractivity contribution >= 4 is 55.4 Å². The number of alkyl halides is 2. The number of carbonyl (C=O) groups excluding carboxylic acids is 2. The van der Waals surface area contributed by atoms with E-state index in [-0.39, 0.29) is 13.2 Å². The number of carbonyl (C=O) groups is 2. The number of hydrogen-bond acceptors (Lipinski definition) is 6. The van der Waals surface area contributed by atoms with Crippen LogP contribution < -0.4 is 9.47 Å². The molecule has 0 saturated heterocycles. The first kappa shape index (κ1) is 23.5. The van der Waals surface area contributed by atoms with Gasteiger partial charge in [0.15, 0.2) is 0 Å². The van der Waals surface area contributed by atoms with Crippen LogP contribution in [0.5, 0.6) is 11.5 Å². The van der Waals surface area contributed by atoms with Gasteiger partial charge in [-0.05, 0) is 35.4 Å². The highest BCUT2D eigenvalue weighted by molar-refractivity contribution is 9.08. The molecule has 2 rings (SSSR count). The maximum atomic E-state index is 11.9. The van der Waals surface area contributed by atoms with Gasteiger partial charge in [0, 0.05) is 10.7 Å². The molecule has 0 aromatic heterocycles. The first-order valence-corrected chi connectivity index (χ1v) is 11.1. The highest BCUT2D eigenvalue weighted by atomic mass is 79.9. The van der Waals surface area contributed by atoms with Crippen molar-refractivity contribution in [2.75, 3.05) is 27.4 Å². The normalized spacial score (nSPS) is 10.4. The van der Waals surface area contributed by atoms with E-state index in [1.165, 1.54) is 14.2 Å². The molecule has 0 radical (unpaired) electrons. The highest BCUT2D eigenvalue weighted by Crippen LogP contribution is 2.33. The summed E-state index contributed by atoms with van der Waals surface area (Å²) in [5.41, 5.74) is 2.21. The van der Waals surface area contributed by atoms with Gasteiger partial charge in [0.1, 0.15) is 24.7 Å². The van der Waals surface area contributed by atoms with E-state index in [2.05, 4.69) is 31.9 Å². The van der Waals surface area contributed by atoms with Crippen molar-refractivity contribution in [2.45, 2.75) is 10.7 Å². The van der Waals surface area contributed by atoms with Gasteiger partial charge >= 0.3 is 11.9 Å². The van der Waals surface area contributed by atoms with Crippen molar-refractivity contribution in [3.63, 3.8) is 0 Å². The van der Waals surface area contributed by atoms with Gasteiger partial charge in [0.05, 0.1) is 30.4 Å². The number of ether oxygens (including phenoxy) is 4. The van der Waals surface area contributed by atoms with Crippen LogP contribution in [0.3, 0.4) is 0 Å². The minimum absolute atomic E-state index is 0.215. The largest absolute Gasteiger partial charge is 0.490 e. The van der Waals surface area contributed by atoms with Crippen LogP contribution in [0.1, 0.15) is 31.8 Å². The predicted molar refractivity (Wildman–Crippen MR) is 117 cm³/mol. The summed E-state index contributed by atoms with van der Waals surface area (Å²) in [5.74, 6) is 0.0553. The number of halogens is 3. The van der Waals surface area contributed by atoms with Crippen molar-refractivity contribution in [2.24, 2.45) is 0 Å². The Hall–Kier alpha value is -1.77. The van der Waals surface area contributed by atoms with Gasteiger partial charge in [0.25, 0.3) is 0 Å². The van der Waals surface area contributed by atoms with E-state index >= 15 is 0 Å². The molecule has 0 aliphatic rings. The van der Waals surface area contributed by atoms with Crippen LogP contribution in [0.4, 0.5) is 0 Å². The fourth-order valence-electron chi connectivity index (χ4n) is 2.52. The molecule has 0 N–H and O–H groups in total. The molecular formula is C20H19Br2ClO6. The third-order valence-corrected chi connectivity index (χ3v) is 5.57. The molecule has 0 aliphatic heterocycles. The summed E-state index contributed by atoms with van der Waals surface area (Å²) in [6, 6.07) is 8.41. The highest BCUT2D eigenvalue weighted by Gasteiger charge is 2.18. The Bertz CT molecular complexity index is 888. The molecule has 0 saturated carbocycles. The smallest absolute Gasteiger partial charge is 0.338 e. The molecule has 29 heavy (non-hydrogen) atoms. The van der Waals surface area contributed by atoms with E-state index in [0.717, 1.165) is 5.56 Å². The molecule has 2 aromatic carbocycles. The van der Waals surface area contributed by atoms with E-state index in [0.29, 0.717) is 43.9 Å². The fraction of sp³-hybridized carbons (Fsp3) is 0.300. The number of benzene rings is 2. The lowest BCUT2D eigenvalue weighted by Gasteiger charge is -2.14. The third-order valence-electron chi connectivity index (χ3n) is 3.99. The third kappa shape index (κ3) is 5.87. The Morgan fingerprint density at radius 2 is 1.55 bits per heavy atom. The second kappa shape index (κ2) is 11.4. The first-order chi connectivity index (χ1) is 14.0. The average Bonchev–Trinajstić information content (AvgIpc) is 2.75. The molecule has 0 unspecified atom stereocenters. The summed E-state index contributed by atoms with van der Waals surface area (Å²) in [7, 11) is 2.64. The Morgan fingerprint density at radius 1 is 0.897 bits per heavy atom. The van der Waals surface area contributed by atoms with Gasteiger partial charge in [-0.25, -0.2) is 9.59 Å². The zero-order valence-corrected chi connectivity index (χ0v) is 19.7. The SMILES string of the molecule is COC(=O)c1cc(OCCOc2ccc(C(=O)OC)c(CBr)c2Cl)ccc1CBr. The van der Waals surface area contributed by atoms with Gasteiger partial charge in [-0.15, -0.1) is 0 Å². The lowest BCUT2D eigenvalue weighted by molar-refractivity contribution is 0.0590. The van der Waals surface area contributed by atoms with Crippen LogP contribution in [0.25, 0.3) is 0 Å². The zero-order chi connectivity index (χ0) is 21.4. The minimum Gasteiger partial charge on any atom is -0.490 e. The van der Waals surface area contributed by atoms with Gasteiger partial charge in [-0.1, -0.05) is 49.5 Å². The van der Waals surface area contributed by atoms with Crippen molar-refractivity contribution in [1.82, 2.24) is 0 Å². The Kier molecular flexibility index (Phi) is 9.26. The Labute approximate surface area is 190 Å². The summed E-state index contributed by atoms with van der Waals surface area (Å²) < 4.78 is 20.9. The number of rotatable bonds is 9. The zero-order valence-electron chi connectivity index (χ0n) is 15.8. The van der Waals surface area contributed by atoms with Gasteiger partial charge < -0.3 is 18.9 Å². The molecule has 0 aliphatic carbocycles. The summed E-state index contributed by atoms with van der Waals surface area (Å²) in [6.45, 7) is 0.444. The second-order valence-electron chi connectivity index (χ2n) is 5.67. The van der Waals surface area contributed by atoms with E-state index in [1.807, 2.05) is 0 Å². The summed E-state index contributed by atoms with van der Waals surface area (Å²) >= 11 is 13.0. The predicted octanol–water partition coefficient (Wildman–Crippen LogP) is 5.16. The maximum absolute atomic E-state index is 11.9. The van der Waals surface area contributed by atoms with E-state index in [9.17, 15) is 9.59 Å². The molecule has 156 valence electrons. The molecular weight excluding hydrogens is 531 g/mol. The fourth-order valence-corrected chi connectivity index (χ4v) is 4.04. The van der Waals surface area contributed by atoms with Crippen molar-refractivity contribution in [3.8, 4) is 11.5 Å². The van der Waals surface area contributed by atoms with Gasteiger partial charge in [-0.3, -0.25) is 0 Å². The van der Waals surface area contributed by atoms with Crippen molar-refractivity contribution in [3.05, 3.63) is 57.6 Å². The number of methoxy groups -OCH3 is 2. The summed E-state index contributed by atoms with van der Waals surface area (Å²) in [5, 5.41) is 1.23. The van der Waals surface area contributed by atoms with Crippen LogP contribution >= 0.6 is 43.5 Å². The van der Waals surface area contributed by atoms with Crippen molar-refractivity contribution in [1.29, 1.82) is 0 Å². The van der Waals surface area contributed by atoms with Crippen LogP contribution in [-0.4, -0.2) is 39.4 Å². The molecule has 9 heteroatoms. The number of hydrogen-bond donors (Lipinski definition) is 0. The molecule has 0 amide bonds. The van der Waals surface area contributed by atoms with Crippen LogP contribution in [-0.2, 0) is 20.1 Å². The lowest BCUT2D eigenvalue weighted by Crippen LogP contribution is -2.12. The summed E-state index contributed by atoms with van der Waals surface area (Å²) in [4.78, 5) is 23.7. The van der Waals surface area contributed by atoms with Crippen LogP contribution in [0, 0.1) is 0 Å². The monoisotopic (exact) mass is 548 g/mol. The average molecular weight is 551 g/mol.